The van der Waals surface area contributed by atoms with Crippen LogP contribution in [0, 0.1) is 0 Å². The molecule has 0 atom stereocenters. The van der Waals surface area contributed by atoms with Gasteiger partial charge in [0.1, 0.15) is 0 Å². The van der Waals surface area contributed by atoms with Crippen LogP contribution in [0.2, 0.25) is 0 Å². The molecule has 0 aromatic heterocycles. The summed E-state index contributed by atoms with van der Waals surface area (Å²) in [6.07, 6.45) is 36.0. The Labute approximate surface area is 125 Å². The average Bonchev–Trinajstić information content (AvgIpc) is 2.46. The summed E-state index contributed by atoms with van der Waals surface area (Å²) in [6, 6.07) is 0. The van der Waals surface area contributed by atoms with Crippen LogP contribution >= 0.6 is 0 Å². The number of hydrogen-bond acceptors (Lipinski definition) is 0. The molecule has 1 rings (SSSR count). The number of hydrogen-bond donors (Lipinski definition) is 0. The lowest BCUT2D eigenvalue weighted by atomic mass is 10.1. The zero-order valence-corrected chi connectivity index (χ0v) is 12.6. The van der Waals surface area contributed by atoms with E-state index in [-0.39, 0.29) is 0 Å². The van der Waals surface area contributed by atoms with Gasteiger partial charge in [0.2, 0.25) is 0 Å². The normalized spacial score (nSPS) is 27.2. The molecule has 20 heavy (non-hydrogen) atoms. The van der Waals surface area contributed by atoms with Crippen molar-refractivity contribution in [2.24, 2.45) is 0 Å². The second kappa shape index (κ2) is 13.9. The van der Waals surface area contributed by atoms with Gasteiger partial charge in [-0.25, -0.2) is 0 Å². The van der Waals surface area contributed by atoms with Crippen molar-refractivity contribution in [1.82, 2.24) is 0 Å². The van der Waals surface area contributed by atoms with Gasteiger partial charge in [0.05, 0.1) is 0 Å². The van der Waals surface area contributed by atoms with Gasteiger partial charge in [-0.15, -0.1) is 0 Å². The van der Waals surface area contributed by atoms with Gasteiger partial charge < -0.3 is 0 Å². The Balaban J connectivity index is 2.38. The third-order valence-corrected chi connectivity index (χ3v) is 3.26. The summed E-state index contributed by atoms with van der Waals surface area (Å²) in [5.74, 6) is 0. The fourth-order valence-corrected chi connectivity index (χ4v) is 2.09. The minimum Gasteiger partial charge on any atom is -0.0845 e. The van der Waals surface area contributed by atoms with E-state index in [9.17, 15) is 0 Å². The Morgan fingerprint density at radius 1 is 0.300 bits per heavy atom. The highest BCUT2D eigenvalue weighted by molar-refractivity contribution is 5.19. The predicted octanol–water partition coefficient (Wildman–Crippen LogP) is 6.46. The van der Waals surface area contributed by atoms with Crippen LogP contribution in [0.25, 0.3) is 0 Å². The highest BCUT2D eigenvalue weighted by Gasteiger charge is 1.89. The first-order valence-electron chi connectivity index (χ1n) is 7.98. The van der Waals surface area contributed by atoms with E-state index in [2.05, 4.69) is 72.9 Å². The molecule has 0 aromatic rings. The van der Waals surface area contributed by atoms with Gasteiger partial charge in [0.15, 0.2) is 0 Å². The molecule has 0 saturated carbocycles. The van der Waals surface area contributed by atoms with E-state index < -0.39 is 0 Å². The van der Waals surface area contributed by atoms with Gasteiger partial charge >= 0.3 is 0 Å². The Bertz CT molecular complexity index is 337. The fraction of sp³-hybridized carbons (Fsp3) is 0.400. The van der Waals surface area contributed by atoms with Crippen LogP contribution < -0.4 is 0 Å². The smallest absolute Gasteiger partial charge is 0.0348 e. The molecular weight excluding hydrogens is 240 g/mol. The molecule has 0 heteroatoms. The third kappa shape index (κ3) is 11.5. The van der Waals surface area contributed by atoms with Crippen LogP contribution in [0.3, 0.4) is 0 Å². The standard InChI is InChI=1S/C20H28/c1-2-4-6-8-10-12-14-16-18-20-19-17-15-13-11-9-7-5-3-1/h1-12H,13-20H2/b3-1+,4-2+,7-5-,8-6+,11-9?,12-10-. The first kappa shape index (κ1) is 16.5. The van der Waals surface area contributed by atoms with Crippen molar-refractivity contribution in [3.8, 4) is 0 Å². The van der Waals surface area contributed by atoms with Crippen molar-refractivity contribution in [2.75, 3.05) is 0 Å². The van der Waals surface area contributed by atoms with Gasteiger partial charge in [0.25, 0.3) is 0 Å². The molecule has 0 saturated heterocycles. The van der Waals surface area contributed by atoms with Crippen LogP contribution in [0.4, 0.5) is 0 Å². The summed E-state index contributed by atoms with van der Waals surface area (Å²) in [7, 11) is 0. The lowest BCUT2D eigenvalue weighted by Gasteiger charge is -1.99. The van der Waals surface area contributed by atoms with Crippen LogP contribution in [-0.4, -0.2) is 0 Å². The molecule has 0 aromatic carbocycles. The average molecular weight is 268 g/mol. The summed E-state index contributed by atoms with van der Waals surface area (Å²) in [5, 5.41) is 0. The molecule has 0 unspecified atom stereocenters. The van der Waals surface area contributed by atoms with E-state index in [1.54, 1.807) is 0 Å². The highest BCUT2D eigenvalue weighted by atomic mass is 14.0. The molecule has 0 spiro atoms. The van der Waals surface area contributed by atoms with Gasteiger partial charge in [-0.3, -0.25) is 0 Å². The van der Waals surface area contributed by atoms with Crippen molar-refractivity contribution in [2.45, 2.75) is 51.4 Å². The minimum absolute atomic E-state index is 1.21. The molecule has 1 aliphatic rings. The molecule has 1 aliphatic carbocycles. The molecule has 0 nitrogen and oxygen atoms in total. The largest absolute Gasteiger partial charge is 0.0845 e. The molecular formula is C20H28. The SMILES string of the molecule is C1=CCCCCCCCC\C=C/C=C/C=C/C=C/C=C\1. The molecule has 0 radical (unpaired) electrons. The summed E-state index contributed by atoms with van der Waals surface area (Å²) in [4.78, 5) is 0. The Morgan fingerprint density at radius 2 is 0.600 bits per heavy atom. The van der Waals surface area contributed by atoms with E-state index >= 15 is 0 Å². The maximum absolute atomic E-state index is 2.27. The minimum atomic E-state index is 1.21. The second-order valence-electron chi connectivity index (χ2n) is 5.09. The topological polar surface area (TPSA) is 0 Å². The van der Waals surface area contributed by atoms with Crippen LogP contribution in [0.1, 0.15) is 51.4 Å². The molecule has 0 heterocycles. The maximum Gasteiger partial charge on any atom is -0.0348 e. The van der Waals surface area contributed by atoms with Gasteiger partial charge in [-0.1, -0.05) is 98.6 Å². The molecule has 0 bridgehead atoms. The maximum atomic E-state index is 2.27. The molecule has 0 fully saturated rings. The van der Waals surface area contributed by atoms with Gasteiger partial charge in [0, 0.05) is 0 Å². The summed E-state index contributed by atoms with van der Waals surface area (Å²) < 4.78 is 0. The molecule has 0 N–H and O–H groups in total. The summed E-state index contributed by atoms with van der Waals surface area (Å²) >= 11 is 0. The van der Waals surface area contributed by atoms with Crippen molar-refractivity contribution in [3.05, 3.63) is 72.9 Å². The van der Waals surface area contributed by atoms with Crippen LogP contribution in [0.15, 0.2) is 72.9 Å². The van der Waals surface area contributed by atoms with E-state index in [0.29, 0.717) is 0 Å². The highest BCUT2D eigenvalue weighted by Crippen LogP contribution is 2.09. The second-order valence-corrected chi connectivity index (χ2v) is 5.09. The fourth-order valence-electron chi connectivity index (χ4n) is 2.09. The van der Waals surface area contributed by atoms with E-state index in [1.807, 2.05) is 0 Å². The Morgan fingerprint density at radius 3 is 1.00 bits per heavy atom. The first-order chi connectivity index (χ1) is 10.0. The monoisotopic (exact) mass is 268 g/mol. The lowest BCUT2D eigenvalue weighted by Crippen LogP contribution is -1.79. The zero-order valence-electron chi connectivity index (χ0n) is 12.6. The molecule has 108 valence electrons. The number of rotatable bonds is 0. The zero-order chi connectivity index (χ0) is 14.1. The van der Waals surface area contributed by atoms with Gasteiger partial charge in [-0.2, -0.15) is 0 Å². The number of allylic oxidation sites excluding steroid dienone is 12. The predicted molar refractivity (Wildman–Crippen MR) is 91.8 cm³/mol. The van der Waals surface area contributed by atoms with Crippen molar-refractivity contribution >= 4 is 0 Å². The van der Waals surface area contributed by atoms with E-state index in [1.165, 1.54) is 51.4 Å². The van der Waals surface area contributed by atoms with Crippen molar-refractivity contribution in [1.29, 1.82) is 0 Å². The van der Waals surface area contributed by atoms with Crippen molar-refractivity contribution < 1.29 is 0 Å². The molecule has 0 aliphatic heterocycles. The van der Waals surface area contributed by atoms with Gasteiger partial charge in [-0.05, 0) is 25.7 Å². The van der Waals surface area contributed by atoms with Crippen LogP contribution in [-0.2, 0) is 0 Å². The van der Waals surface area contributed by atoms with E-state index in [0.717, 1.165) is 0 Å². The molecule has 0 amide bonds. The Hall–Kier alpha value is -1.56. The first-order valence-corrected chi connectivity index (χ1v) is 7.98. The third-order valence-electron chi connectivity index (χ3n) is 3.26. The lowest BCUT2D eigenvalue weighted by molar-refractivity contribution is 0.600. The van der Waals surface area contributed by atoms with E-state index in [4.69, 9.17) is 0 Å². The summed E-state index contributed by atoms with van der Waals surface area (Å²) in [5.41, 5.74) is 0. The van der Waals surface area contributed by atoms with Crippen LogP contribution in [0.5, 0.6) is 0 Å². The summed E-state index contributed by atoms with van der Waals surface area (Å²) in [6.45, 7) is 0. The Kier molecular flexibility index (Phi) is 11.4. The van der Waals surface area contributed by atoms with Crippen molar-refractivity contribution in [3.63, 3.8) is 0 Å². The quantitative estimate of drug-likeness (QED) is 0.473.